The lowest BCUT2D eigenvalue weighted by Gasteiger charge is -2.45. The number of nitrogens with one attached hydrogen (secondary N) is 2. The summed E-state index contributed by atoms with van der Waals surface area (Å²) in [5.74, 6) is -0.133. The highest BCUT2D eigenvalue weighted by molar-refractivity contribution is 5.80. The second-order valence-corrected chi connectivity index (χ2v) is 9.83. The van der Waals surface area contributed by atoms with Crippen LogP contribution in [0.15, 0.2) is 48.9 Å². The third-order valence-corrected chi connectivity index (χ3v) is 6.94. The van der Waals surface area contributed by atoms with E-state index >= 15 is 0 Å². The van der Waals surface area contributed by atoms with Gasteiger partial charge in [-0.3, -0.25) is 14.9 Å². The average molecular weight is 504 g/mol. The molecular formula is C27H30FN7O2. The van der Waals surface area contributed by atoms with Gasteiger partial charge in [0.15, 0.2) is 11.6 Å². The van der Waals surface area contributed by atoms with Gasteiger partial charge in [-0.05, 0) is 69.0 Å². The molecule has 5 rings (SSSR count). The number of methoxy groups -OCH3 is 1. The molecule has 4 aromatic rings. The van der Waals surface area contributed by atoms with Gasteiger partial charge in [0.05, 0.1) is 29.8 Å². The van der Waals surface area contributed by atoms with E-state index in [9.17, 15) is 9.18 Å². The minimum Gasteiger partial charge on any atom is -0.372 e. The van der Waals surface area contributed by atoms with Gasteiger partial charge in [0.2, 0.25) is 5.91 Å². The van der Waals surface area contributed by atoms with Crippen molar-refractivity contribution in [2.45, 2.75) is 51.7 Å². The Hall–Kier alpha value is -3.92. The summed E-state index contributed by atoms with van der Waals surface area (Å²) < 4.78 is 20.5. The van der Waals surface area contributed by atoms with Crippen molar-refractivity contribution in [1.82, 2.24) is 35.3 Å². The van der Waals surface area contributed by atoms with Gasteiger partial charge in [0, 0.05) is 37.0 Å². The lowest BCUT2D eigenvalue weighted by molar-refractivity contribution is -0.151. The molecule has 0 bridgehead atoms. The first-order valence-electron chi connectivity index (χ1n) is 12.3. The van der Waals surface area contributed by atoms with E-state index in [1.54, 1.807) is 19.4 Å². The third-order valence-electron chi connectivity index (χ3n) is 6.94. The number of aryl methyl sites for hydroxylation is 2. The van der Waals surface area contributed by atoms with E-state index in [1.165, 1.54) is 10.9 Å². The summed E-state index contributed by atoms with van der Waals surface area (Å²) in [5.41, 5.74) is 5.08. The van der Waals surface area contributed by atoms with Crippen LogP contribution in [-0.2, 0) is 21.6 Å². The summed E-state index contributed by atoms with van der Waals surface area (Å²) in [6, 6.07) is 9.48. The van der Waals surface area contributed by atoms with Crippen LogP contribution in [0.25, 0.3) is 5.82 Å². The van der Waals surface area contributed by atoms with Crippen molar-refractivity contribution in [2.75, 3.05) is 7.11 Å². The van der Waals surface area contributed by atoms with Crippen LogP contribution in [-0.4, -0.2) is 43.0 Å². The minimum absolute atomic E-state index is 0.0294. The molecule has 1 saturated carbocycles. The first-order chi connectivity index (χ1) is 17.7. The van der Waals surface area contributed by atoms with Crippen molar-refractivity contribution in [2.24, 2.45) is 5.92 Å². The molecule has 0 spiro atoms. The molecule has 1 aliphatic carbocycles. The van der Waals surface area contributed by atoms with Crippen LogP contribution in [0.1, 0.15) is 59.7 Å². The minimum atomic E-state index is -0.588. The Morgan fingerprint density at radius 1 is 1.24 bits per heavy atom. The largest absolute Gasteiger partial charge is 0.372 e. The van der Waals surface area contributed by atoms with Crippen molar-refractivity contribution in [3.05, 3.63) is 88.6 Å². The molecule has 0 radical (unpaired) electrons. The first kappa shape index (κ1) is 24.8. The van der Waals surface area contributed by atoms with Crippen molar-refractivity contribution >= 4 is 5.91 Å². The maximum atomic E-state index is 13.2. The van der Waals surface area contributed by atoms with Crippen LogP contribution in [0.3, 0.4) is 0 Å². The predicted molar refractivity (Wildman–Crippen MR) is 134 cm³/mol. The van der Waals surface area contributed by atoms with Gasteiger partial charge in [0.1, 0.15) is 5.60 Å². The summed E-state index contributed by atoms with van der Waals surface area (Å²) >= 11 is 0. The molecule has 1 amide bonds. The van der Waals surface area contributed by atoms with Crippen LogP contribution in [0.4, 0.5) is 4.39 Å². The van der Waals surface area contributed by atoms with Crippen LogP contribution in [0.2, 0.25) is 0 Å². The summed E-state index contributed by atoms with van der Waals surface area (Å²) in [6.07, 6.45) is 5.80. The number of hydrogen-bond acceptors (Lipinski definition) is 6. The zero-order valence-corrected chi connectivity index (χ0v) is 21.3. The normalized spacial score (nSPS) is 19.9. The van der Waals surface area contributed by atoms with E-state index in [2.05, 4.69) is 31.7 Å². The second-order valence-electron chi connectivity index (χ2n) is 9.83. The number of pyridine rings is 2. The molecule has 1 aliphatic rings. The van der Waals surface area contributed by atoms with Gasteiger partial charge >= 0.3 is 0 Å². The van der Waals surface area contributed by atoms with Crippen molar-refractivity contribution in [3.8, 4) is 5.82 Å². The lowest BCUT2D eigenvalue weighted by atomic mass is 9.68. The van der Waals surface area contributed by atoms with E-state index in [0.29, 0.717) is 25.1 Å². The lowest BCUT2D eigenvalue weighted by Crippen LogP contribution is -2.50. The Balaban J connectivity index is 1.23. The van der Waals surface area contributed by atoms with E-state index in [4.69, 9.17) is 9.72 Å². The smallest absolute Gasteiger partial charge is 0.223 e. The average Bonchev–Trinajstić information content (AvgIpc) is 3.46. The quantitative estimate of drug-likeness (QED) is 0.378. The van der Waals surface area contributed by atoms with Crippen LogP contribution >= 0.6 is 0 Å². The van der Waals surface area contributed by atoms with Gasteiger partial charge in [-0.15, -0.1) is 0 Å². The number of halogens is 1. The number of aromatic amines is 1. The van der Waals surface area contributed by atoms with Crippen LogP contribution < -0.4 is 5.32 Å². The van der Waals surface area contributed by atoms with Gasteiger partial charge < -0.3 is 10.1 Å². The predicted octanol–water partition coefficient (Wildman–Crippen LogP) is 3.86. The number of nitrogens with zero attached hydrogens (tertiary/aromatic N) is 5. The van der Waals surface area contributed by atoms with Crippen molar-refractivity contribution in [1.29, 1.82) is 0 Å². The number of H-pyrrole nitrogens is 1. The molecule has 2 N–H and O–H groups in total. The third kappa shape index (κ3) is 5.15. The highest BCUT2D eigenvalue weighted by Gasteiger charge is 2.50. The zero-order chi connectivity index (χ0) is 26.2. The van der Waals surface area contributed by atoms with Gasteiger partial charge in [-0.2, -0.15) is 10.2 Å². The van der Waals surface area contributed by atoms with Gasteiger partial charge in [0.25, 0.3) is 0 Å². The Kier molecular flexibility index (Phi) is 6.59. The highest BCUT2D eigenvalue weighted by atomic mass is 19.1. The maximum Gasteiger partial charge on any atom is 0.223 e. The number of ether oxygens (including phenoxy) is 1. The fraction of sp³-hybridized carbons (Fsp3) is 0.370. The second kappa shape index (κ2) is 9.85. The van der Waals surface area contributed by atoms with Gasteiger partial charge in [-0.25, -0.2) is 14.1 Å². The highest BCUT2D eigenvalue weighted by Crippen LogP contribution is 2.48. The van der Waals surface area contributed by atoms with E-state index < -0.39 is 11.4 Å². The van der Waals surface area contributed by atoms with E-state index in [-0.39, 0.29) is 17.9 Å². The Morgan fingerprint density at radius 3 is 2.68 bits per heavy atom. The molecule has 0 unspecified atom stereocenters. The first-order valence-corrected chi connectivity index (χ1v) is 12.3. The Labute approximate surface area is 214 Å². The summed E-state index contributed by atoms with van der Waals surface area (Å²) in [5, 5.41) is 14.3. The fourth-order valence-corrected chi connectivity index (χ4v) is 4.85. The van der Waals surface area contributed by atoms with Gasteiger partial charge in [-0.1, -0.05) is 6.07 Å². The summed E-state index contributed by atoms with van der Waals surface area (Å²) in [7, 11) is 1.68. The molecule has 192 valence electrons. The molecule has 0 aliphatic heterocycles. The number of aromatic nitrogens is 6. The fourth-order valence-electron chi connectivity index (χ4n) is 4.85. The van der Waals surface area contributed by atoms with E-state index in [1.807, 2.05) is 39.0 Å². The molecule has 9 nitrogen and oxygen atoms in total. The summed E-state index contributed by atoms with van der Waals surface area (Å²) in [4.78, 5) is 22.3. The number of carbonyl (C=O) groups excluding carboxylic acids is 1. The van der Waals surface area contributed by atoms with Crippen molar-refractivity contribution < 1.29 is 13.9 Å². The Bertz CT molecular complexity index is 1410. The maximum absolute atomic E-state index is 13.2. The molecule has 37 heavy (non-hydrogen) atoms. The summed E-state index contributed by atoms with van der Waals surface area (Å²) in [6.45, 7) is 5.93. The molecule has 4 heterocycles. The number of hydrogen-bond donors (Lipinski definition) is 2. The number of carbonyl (C=O) groups is 1. The SMILES string of the molecule is COC1(c2cc(C)cc(Cc3cc(C)[nH]n3)n2)CC(C(=O)N[C@@H](C)c2ccc(-n3cc(F)cn3)nc2)C1. The molecule has 1 atom stereocenters. The molecular weight excluding hydrogens is 473 g/mol. The molecule has 4 aromatic heterocycles. The molecule has 0 aromatic carbocycles. The van der Waals surface area contributed by atoms with E-state index in [0.717, 1.165) is 40.1 Å². The van der Waals surface area contributed by atoms with Crippen LogP contribution in [0, 0.1) is 25.6 Å². The van der Waals surface area contributed by atoms with Crippen LogP contribution in [0.5, 0.6) is 0 Å². The standard InChI is InChI=1S/C27H30FN7O2/c1-16-7-22(10-23-9-17(2)33-34-23)32-24(8-16)27(37-4)11-20(12-27)26(36)31-18(3)19-5-6-25(29-13-19)35-15-21(28)14-30-35/h5-9,13-15,18,20H,10-12H2,1-4H3,(H,31,36)(H,33,34)/t18-,20?,27?/m0/s1. The van der Waals surface area contributed by atoms with Crippen molar-refractivity contribution in [3.63, 3.8) is 0 Å². The number of rotatable bonds is 8. The zero-order valence-electron chi connectivity index (χ0n) is 21.3. The molecule has 1 fully saturated rings. The number of amides is 1. The molecule has 0 saturated heterocycles. The molecule has 10 heteroatoms. The topological polar surface area (TPSA) is 111 Å². The Morgan fingerprint density at radius 2 is 2.05 bits per heavy atom. The monoisotopic (exact) mass is 503 g/mol.